The van der Waals surface area contributed by atoms with E-state index in [0.29, 0.717) is 18.3 Å². The van der Waals surface area contributed by atoms with Crippen molar-refractivity contribution in [3.8, 4) is 11.4 Å². The zero-order chi connectivity index (χ0) is 14.7. The Kier molecular flexibility index (Phi) is 4.13. The largest absolute Gasteiger partial charge is 0.338 e. The Morgan fingerprint density at radius 3 is 2.43 bits per heavy atom. The van der Waals surface area contributed by atoms with E-state index in [4.69, 9.17) is 10.3 Å². The van der Waals surface area contributed by atoms with Crippen molar-refractivity contribution in [2.75, 3.05) is 6.54 Å². The van der Waals surface area contributed by atoms with Crippen LogP contribution in [0.5, 0.6) is 0 Å². The van der Waals surface area contributed by atoms with Gasteiger partial charge in [-0.25, -0.2) is 0 Å². The second kappa shape index (κ2) is 6.20. The molecule has 1 aromatic heterocycles. The van der Waals surface area contributed by atoms with Crippen LogP contribution in [0, 0.1) is 0 Å². The van der Waals surface area contributed by atoms with Crippen LogP contribution >= 0.6 is 15.9 Å². The Labute approximate surface area is 131 Å². The van der Waals surface area contributed by atoms with Gasteiger partial charge in [0.25, 0.3) is 0 Å². The van der Waals surface area contributed by atoms with Crippen LogP contribution in [0.3, 0.4) is 0 Å². The highest BCUT2D eigenvalue weighted by Crippen LogP contribution is 2.25. The first-order valence-electron chi connectivity index (χ1n) is 6.62. The van der Waals surface area contributed by atoms with E-state index in [-0.39, 0.29) is 5.92 Å². The lowest BCUT2D eigenvalue weighted by Gasteiger charge is -2.09. The quantitative estimate of drug-likeness (QED) is 0.786. The van der Waals surface area contributed by atoms with Crippen molar-refractivity contribution < 1.29 is 4.52 Å². The van der Waals surface area contributed by atoms with Crippen LogP contribution in [0.4, 0.5) is 0 Å². The first kappa shape index (κ1) is 14.0. The number of benzene rings is 2. The number of hydrogen-bond donors (Lipinski definition) is 1. The van der Waals surface area contributed by atoms with Crippen molar-refractivity contribution >= 4 is 15.9 Å². The van der Waals surface area contributed by atoms with Crippen molar-refractivity contribution in [2.45, 2.75) is 5.92 Å². The molecule has 4 nitrogen and oxygen atoms in total. The van der Waals surface area contributed by atoms with E-state index in [1.165, 1.54) is 0 Å². The van der Waals surface area contributed by atoms with Crippen LogP contribution in [-0.4, -0.2) is 16.7 Å². The van der Waals surface area contributed by atoms with Crippen molar-refractivity contribution in [3.63, 3.8) is 0 Å². The zero-order valence-electron chi connectivity index (χ0n) is 11.2. The summed E-state index contributed by atoms with van der Waals surface area (Å²) >= 11 is 3.41. The summed E-state index contributed by atoms with van der Waals surface area (Å²) in [6, 6.07) is 17.7. The molecule has 106 valence electrons. The van der Waals surface area contributed by atoms with Crippen molar-refractivity contribution in [1.29, 1.82) is 0 Å². The van der Waals surface area contributed by atoms with Gasteiger partial charge in [0.2, 0.25) is 11.7 Å². The summed E-state index contributed by atoms with van der Waals surface area (Å²) in [5, 5.41) is 4.05. The van der Waals surface area contributed by atoms with Crippen molar-refractivity contribution in [1.82, 2.24) is 10.1 Å². The lowest BCUT2D eigenvalue weighted by molar-refractivity contribution is 0.367. The molecule has 0 aliphatic rings. The Bertz CT molecular complexity index is 710. The number of nitrogens with zero attached hydrogens (tertiary/aromatic N) is 2. The van der Waals surface area contributed by atoms with Gasteiger partial charge in [-0.05, 0) is 29.8 Å². The fraction of sp³-hybridized carbons (Fsp3) is 0.125. The molecular weight excluding hydrogens is 330 g/mol. The maximum Gasteiger partial charge on any atom is 0.235 e. The van der Waals surface area contributed by atoms with Gasteiger partial charge >= 0.3 is 0 Å². The summed E-state index contributed by atoms with van der Waals surface area (Å²) in [5.41, 5.74) is 7.86. The normalized spacial score (nSPS) is 12.3. The van der Waals surface area contributed by atoms with Gasteiger partial charge < -0.3 is 10.3 Å². The molecule has 0 fully saturated rings. The van der Waals surface area contributed by atoms with E-state index < -0.39 is 0 Å². The first-order valence-corrected chi connectivity index (χ1v) is 7.42. The van der Waals surface area contributed by atoms with E-state index in [0.717, 1.165) is 15.6 Å². The molecule has 0 radical (unpaired) electrons. The van der Waals surface area contributed by atoms with Crippen molar-refractivity contribution in [2.24, 2.45) is 5.73 Å². The fourth-order valence-corrected chi connectivity index (χ4v) is 2.42. The lowest BCUT2D eigenvalue weighted by Crippen LogP contribution is -2.14. The summed E-state index contributed by atoms with van der Waals surface area (Å²) in [5.74, 6) is 1.04. The zero-order valence-corrected chi connectivity index (χ0v) is 12.8. The minimum Gasteiger partial charge on any atom is -0.338 e. The molecule has 0 saturated carbocycles. The fourth-order valence-electron chi connectivity index (χ4n) is 2.16. The molecule has 5 heteroatoms. The molecule has 0 aliphatic carbocycles. The van der Waals surface area contributed by atoms with E-state index >= 15 is 0 Å². The highest BCUT2D eigenvalue weighted by atomic mass is 79.9. The monoisotopic (exact) mass is 343 g/mol. The van der Waals surface area contributed by atoms with E-state index in [9.17, 15) is 0 Å². The molecule has 1 atom stereocenters. The van der Waals surface area contributed by atoms with Gasteiger partial charge in [-0.3, -0.25) is 0 Å². The second-order valence-corrected chi connectivity index (χ2v) is 5.58. The molecule has 0 bridgehead atoms. The number of rotatable bonds is 4. The van der Waals surface area contributed by atoms with Gasteiger partial charge in [0.15, 0.2) is 0 Å². The molecule has 2 N–H and O–H groups in total. The minimum atomic E-state index is -0.0806. The van der Waals surface area contributed by atoms with Gasteiger partial charge in [0.1, 0.15) is 0 Å². The molecule has 0 spiro atoms. The maximum atomic E-state index is 5.87. The van der Waals surface area contributed by atoms with Crippen LogP contribution in [-0.2, 0) is 0 Å². The molecule has 2 aromatic carbocycles. The number of hydrogen-bond acceptors (Lipinski definition) is 4. The van der Waals surface area contributed by atoms with Gasteiger partial charge in [-0.15, -0.1) is 0 Å². The van der Waals surface area contributed by atoms with Crippen LogP contribution in [0.2, 0.25) is 0 Å². The van der Waals surface area contributed by atoms with Crippen molar-refractivity contribution in [3.05, 3.63) is 70.5 Å². The average molecular weight is 344 g/mol. The molecular formula is C16H14BrN3O. The Balaban J connectivity index is 1.92. The molecule has 1 unspecified atom stereocenters. The van der Waals surface area contributed by atoms with Crippen LogP contribution in [0.15, 0.2) is 63.6 Å². The minimum absolute atomic E-state index is 0.0806. The average Bonchev–Trinajstić information content (AvgIpc) is 2.99. The number of halogens is 1. The third kappa shape index (κ3) is 3.04. The summed E-state index contributed by atoms with van der Waals surface area (Å²) < 4.78 is 6.42. The maximum absolute atomic E-state index is 5.87. The SMILES string of the molecule is NCC(c1ccccc1)c1nc(-c2ccc(Br)cc2)no1. The number of aromatic nitrogens is 2. The summed E-state index contributed by atoms with van der Waals surface area (Å²) in [6.45, 7) is 0.423. The van der Waals surface area contributed by atoms with Crippen LogP contribution in [0.1, 0.15) is 17.4 Å². The third-order valence-corrected chi connectivity index (χ3v) is 3.81. The predicted octanol–water partition coefficient (Wildman–Crippen LogP) is 3.59. The topological polar surface area (TPSA) is 64.9 Å². The second-order valence-electron chi connectivity index (χ2n) is 4.66. The summed E-state index contributed by atoms with van der Waals surface area (Å²) in [6.07, 6.45) is 0. The molecule has 21 heavy (non-hydrogen) atoms. The smallest absolute Gasteiger partial charge is 0.235 e. The highest BCUT2D eigenvalue weighted by molar-refractivity contribution is 9.10. The van der Waals surface area contributed by atoms with Crippen LogP contribution in [0.25, 0.3) is 11.4 Å². The molecule has 3 rings (SSSR count). The standard InChI is InChI=1S/C16H14BrN3O/c17-13-8-6-12(7-9-13)15-19-16(21-20-15)14(10-18)11-4-2-1-3-5-11/h1-9,14H,10,18H2. The Morgan fingerprint density at radius 2 is 1.76 bits per heavy atom. The third-order valence-electron chi connectivity index (χ3n) is 3.28. The molecule has 1 heterocycles. The molecule has 0 aliphatic heterocycles. The van der Waals surface area contributed by atoms with E-state index in [1.807, 2.05) is 54.6 Å². The molecule has 3 aromatic rings. The summed E-state index contributed by atoms with van der Waals surface area (Å²) in [7, 11) is 0. The van der Waals surface area contributed by atoms with Gasteiger partial charge in [-0.2, -0.15) is 4.98 Å². The number of nitrogens with two attached hydrogens (primary N) is 1. The predicted molar refractivity (Wildman–Crippen MR) is 84.8 cm³/mol. The van der Waals surface area contributed by atoms with E-state index in [2.05, 4.69) is 26.1 Å². The molecule has 0 amide bonds. The van der Waals surface area contributed by atoms with Crippen LogP contribution < -0.4 is 5.73 Å². The van der Waals surface area contributed by atoms with Gasteiger partial charge in [-0.1, -0.05) is 51.4 Å². The van der Waals surface area contributed by atoms with E-state index in [1.54, 1.807) is 0 Å². The highest BCUT2D eigenvalue weighted by Gasteiger charge is 2.20. The van der Waals surface area contributed by atoms with Gasteiger partial charge in [0.05, 0.1) is 5.92 Å². The first-order chi connectivity index (χ1) is 10.3. The lowest BCUT2D eigenvalue weighted by atomic mass is 9.99. The Morgan fingerprint density at radius 1 is 1.05 bits per heavy atom. The molecule has 0 saturated heterocycles. The van der Waals surface area contributed by atoms with Gasteiger partial charge in [0, 0.05) is 16.6 Å². The summed E-state index contributed by atoms with van der Waals surface area (Å²) in [4.78, 5) is 4.48. The Hall–Kier alpha value is -1.98.